The zero-order chi connectivity index (χ0) is 11.2. The van der Waals surface area contributed by atoms with Gasteiger partial charge >= 0.3 is 0 Å². The van der Waals surface area contributed by atoms with Gasteiger partial charge in [0.05, 0.1) is 17.1 Å². The van der Waals surface area contributed by atoms with Crippen LogP contribution in [-0.2, 0) is 0 Å². The van der Waals surface area contributed by atoms with Gasteiger partial charge in [-0.05, 0) is 12.1 Å². The number of rotatable bonds is 0. The molecule has 17 heavy (non-hydrogen) atoms. The van der Waals surface area contributed by atoms with E-state index >= 15 is 0 Å². The van der Waals surface area contributed by atoms with Crippen LogP contribution in [0.15, 0.2) is 41.3 Å². The predicted octanol–water partition coefficient (Wildman–Crippen LogP) is 2.32. The summed E-state index contributed by atoms with van der Waals surface area (Å²) >= 11 is 0. The first-order valence-electron chi connectivity index (χ1n) is 5.16. The summed E-state index contributed by atoms with van der Waals surface area (Å²) < 4.78 is 5.62. The SMILES string of the molecule is c1cc2nc3c(nc2cn1)oc1ccncc13. The Hall–Kier alpha value is -2.56. The minimum atomic E-state index is 0.522. The molecular weight excluding hydrogens is 216 g/mol. The van der Waals surface area contributed by atoms with Gasteiger partial charge in [-0.2, -0.15) is 0 Å². The van der Waals surface area contributed by atoms with Crippen LogP contribution in [-0.4, -0.2) is 19.9 Å². The van der Waals surface area contributed by atoms with E-state index in [1.165, 1.54) is 0 Å². The lowest BCUT2D eigenvalue weighted by atomic mass is 10.3. The van der Waals surface area contributed by atoms with Gasteiger partial charge in [0.25, 0.3) is 0 Å². The third-order valence-electron chi connectivity index (χ3n) is 2.68. The molecule has 0 aliphatic heterocycles. The molecule has 4 aromatic rings. The second-order valence-corrected chi connectivity index (χ2v) is 3.72. The molecule has 5 nitrogen and oxygen atoms in total. The van der Waals surface area contributed by atoms with E-state index in [0.29, 0.717) is 5.71 Å². The Morgan fingerprint density at radius 2 is 1.76 bits per heavy atom. The monoisotopic (exact) mass is 222 g/mol. The highest BCUT2D eigenvalue weighted by Gasteiger charge is 2.10. The Morgan fingerprint density at radius 3 is 2.76 bits per heavy atom. The Balaban J connectivity index is 2.28. The lowest BCUT2D eigenvalue weighted by Gasteiger charge is -1.94. The average Bonchev–Trinajstić information content (AvgIpc) is 2.73. The van der Waals surface area contributed by atoms with Crippen molar-refractivity contribution in [3.63, 3.8) is 0 Å². The van der Waals surface area contributed by atoms with E-state index in [2.05, 4.69) is 19.9 Å². The van der Waals surface area contributed by atoms with Gasteiger partial charge in [0.2, 0.25) is 5.71 Å². The van der Waals surface area contributed by atoms with Crippen LogP contribution in [0, 0.1) is 0 Å². The van der Waals surface area contributed by atoms with Crippen LogP contribution >= 0.6 is 0 Å². The Morgan fingerprint density at radius 1 is 0.882 bits per heavy atom. The molecule has 0 bridgehead atoms. The molecule has 0 N–H and O–H groups in total. The first kappa shape index (κ1) is 8.58. The molecule has 0 aliphatic rings. The van der Waals surface area contributed by atoms with Crippen molar-refractivity contribution in [1.82, 2.24) is 19.9 Å². The maximum absolute atomic E-state index is 5.62. The van der Waals surface area contributed by atoms with E-state index < -0.39 is 0 Å². The second kappa shape index (κ2) is 2.98. The number of aromatic nitrogens is 4. The molecule has 0 saturated carbocycles. The number of hydrogen-bond acceptors (Lipinski definition) is 5. The third kappa shape index (κ3) is 1.13. The van der Waals surface area contributed by atoms with E-state index in [9.17, 15) is 0 Å². The molecule has 5 heteroatoms. The number of pyridine rings is 2. The summed E-state index contributed by atoms with van der Waals surface area (Å²) in [4.78, 5) is 17.0. The molecule has 80 valence electrons. The summed E-state index contributed by atoms with van der Waals surface area (Å²) in [5.41, 5.74) is 3.55. The van der Waals surface area contributed by atoms with Gasteiger partial charge in [-0.15, -0.1) is 0 Å². The van der Waals surface area contributed by atoms with E-state index in [4.69, 9.17) is 4.42 Å². The van der Waals surface area contributed by atoms with E-state index in [1.807, 2.05) is 12.1 Å². The number of fused-ring (bicyclic) bond motifs is 4. The van der Waals surface area contributed by atoms with Crippen LogP contribution < -0.4 is 0 Å². The minimum Gasteiger partial charge on any atom is -0.436 e. The molecule has 0 aromatic carbocycles. The molecule has 0 atom stereocenters. The van der Waals surface area contributed by atoms with Crippen LogP contribution in [0.3, 0.4) is 0 Å². The fraction of sp³-hybridized carbons (Fsp3) is 0. The average molecular weight is 222 g/mol. The van der Waals surface area contributed by atoms with Crippen molar-refractivity contribution in [2.45, 2.75) is 0 Å². The van der Waals surface area contributed by atoms with Gasteiger partial charge in [0, 0.05) is 18.6 Å². The third-order valence-corrected chi connectivity index (χ3v) is 2.68. The summed E-state index contributed by atoms with van der Waals surface area (Å²) in [5.74, 6) is 0. The van der Waals surface area contributed by atoms with Gasteiger partial charge in [-0.25, -0.2) is 9.97 Å². The summed E-state index contributed by atoms with van der Waals surface area (Å²) in [5, 5.41) is 0.883. The van der Waals surface area contributed by atoms with Crippen molar-refractivity contribution in [2.75, 3.05) is 0 Å². The van der Waals surface area contributed by atoms with Crippen LogP contribution in [0.5, 0.6) is 0 Å². The molecule has 4 aromatic heterocycles. The van der Waals surface area contributed by atoms with Crippen molar-refractivity contribution in [1.29, 1.82) is 0 Å². The van der Waals surface area contributed by atoms with Crippen molar-refractivity contribution in [2.24, 2.45) is 0 Å². The van der Waals surface area contributed by atoms with Crippen LogP contribution in [0.4, 0.5) is 0 Å². The molecular formula is C12H6N4O. The molecule has 0 spiro atoms. The molecule has 0 aliphatic carbocycles. The molecule has 0 radical (unpaired) electrons. The quantitative estimate of drug-likeness (QED) is 0.456. The number of furan rings is 1. The van der Waals surface area contributed by atoms with Crippen LogP contribution in [0.2, 0.25) is 0 Å². The first-order chi connectivity index (χ1) is 8.42. The van der Waals surface area contributed by atoms with Gasteiger partial charge in [0.15, 0.2) is 0 Å². The molecule has 0 amide bonds. The van der Waals surface area contributed by atoms with E-state index in [1.54, 1.807) is 24.8 Å². The first-order valence-corrected chi connectivity index (χ1v) is 5.16. The molecule has 4 heterocycles. The van der Waals surface area contributed by atoms with Crippen LogP contribution in [0.1, 0.15) is 0 Å². The molecule has 0 fully saturated rings. The fourth-order valence-electron chi connectivity index (χ4n) is 1.89. The van der Waals surface area contributed by atoms with Gasteiger partial charge in [-0.3, -0.25) is 9.97 Å². The molecule has 0 unspecified atom stereocenters. The van der Waals surface area contributed by atoms with Gasteiger partial charge < -0.3 is 4.42 Å². The second-order valence-electron chi connectivity index (χ2n) is 3.72. The summed E-state index contributed by atoms with van der Waals surface area (Å²) in [6, 6.07) is 3.64. The van der Waals surface area contributed by atoms with Gasteiger partial charge in [0.1, 0.15) is 16.6 Å². The topological polar surface area (TPSA) is 64.7 Å². The summed E-state index contributed by atoms with van der Waals surface area (Å²) in [6.45, 7) is 0. The maximum atomic E-state index is 5.62. The van der Waals surface area contributed by atoms with E-state index in [-0.39, 0.29) is 0 Å². The lowest BCUT2D eigenvalue weighted by Crippen LogP contribution is -1.85. The number of nitrogens with zero attached hydrogens (tertiary/aromatic N) is 4. The smallest absolute Gasteiger partial charge is 0.247 e. The molecule has 0 saturated heterocycles. The Kier molecular flexibility index (Phi) is 1.50. The normalized spacial score (nSPS) is 11.5. The van der Waals surface area contributed by atoms with Crippen molar-refractivity contribution in [3.8, 4) is 0 Å². The van der Waals surface area contributed by atoms with E-state index in [0.717, 1.165) is 27.5 Å². The summed E-state index contributed by atoms with van der Waals surface area (Å²) in [6.07, 6.45) is 6.80. The van der Waals surface area contributed by atoms with Crippen molar-refractivity contribution in [3.05, 3.63) is 36.9 Å². The highest BCUT2D eigenvalue weighted by Crippen LogP contribution is 2.26. The predicted molar refractivity (Wildman–Crippen MR) is 62.4 cm³/mol. The summed E-state index contributed by atoms with van der Waals surface area (Å²) in [7, 11) is 0. The van der Waals surface area contributed by atoms with Crippen LogP contribution in [0.25, 0.3) is 33.2 Å². The van der Waals surface area contributed by atoms with Crippen molar-refractivity contribution >= 4 is 33.2 Å². The Labute approximate surface area is 95.1 Å². The zero-order valence-electron chi connectivity index (χ0n) is 8.66. The standard InChI is InChI=1S/C12H6N4O/c1-3-14-6-9-8(1)15-11-7-5-13-4-2-10(7)17-12(11)16-9/h1-6H. The molecule has 4 rings (SSSR count). The largest absolute Gasteiger partial charge is 0.436 e. The van der Waals surface area contributed by atoms with Crippen molar-refractivity contribution < 1.29 is 4.42 Å². The zero-order valence-corrected chi connectivity index (χ0v) is 8.66. The lowest BCUT2D eigenvalue weighted by molar-refractivity contribution is 0.654. The number of hydrogen-bond donors (Lipinski definition) is 0. The maximum Gasteiger partial charge on any atom is 0.247 e. The minimum absolute atomic E-state index is 0.522. The highest BCUT2D eigenvalue weighted by atomic mass is 16.3. The van der Waals surface area contributed by atoms with Gasteiger partial charge in [-0.1, -0.05) is 0 Å². The highest BCUT2D eigenvalue weighted by molar-refractivity contribution is 6.02. The Bertz CT molecular complexity index is 847. The fourth-order valence-corrected chi connectivity index (χ4v) is 1.89.